The molecule has 1 aromatic rings. The van der Waals surface area contributed by atoms with Gasteiger partial charge in [0.15, 0.2) is 0 Å². The SMILES string of the molecule is CB(O)N1CCCC[C@H]1C(=O)Nc1cc(Br)ccc1N. The third kappa shape index (κ3) is 3.53. The fourth-order valence-electron chi connectivity index (χ4n) is 2.54. The van der Waals surface area contributed by atoms with Gasteiger partial charge in [-0.3, -0.25) is 4.79 Å². The van der Waals surface area contributed by atoms with E-state index in [1.807, 2.05) is 10.9 Å². The summed E-state index contributed by atoms with van der Waals surface area (Å²) in [4.78, 5) is 14.2. The van der Waals surface area contributed by atoms with Crippen LogP contribution in [0.4, 0.5) is 11.4 Å². The molecule has 1 amide bonds. The smallest absolute Gasteiger partial charge is 0.377 e. The van der Waals surface area contributed by atoms with E-state index >= 15 is 0 Å². The molecule has 1 heterocycles. The lowest BCUT2D eigenvalue weighted by Crippen LogP contribution is -2.53. The van der Waals surface area contributed by atoms with Crippen molar-refractivity contribution in [1.29, 1.82) is 0 Å². The summed E-state index contributed by atoms with van der Waals surface area (Å²) in [7, 11) is -0.620. The molecule has 1 fully saturated rings. The second kappa shape index (κ2) is 6.60. The van der Waals surface area contributed by atoms with Crippen LogP contribution in [0.25, 0.3) is 0 Å². The molecule has 5 nitrogen and oxygen atoms in total. The van der Waals surface area contributed by atoms with Gasteiger partial charge in [0.25, 0.3) is 0 Å². The number of rotatable bonds is 3. The zero-order chi connectivity index (χ0) is 14.7. The van der Waals surface area contributed by atoms with Crippen molar-refractivity contribution < 1.29 is 9.82 Å². The lowest BCUT2D eigenvalue weighted by atomic mass is 9.79. The molecule has 0 radical (unpaired) electrons. The summed E-state index contributed by atoms with van der Waals surface area (Å²) in [5.41, 5.74) is 6.99. The number of benzene rings is 1. The Hall–Kier alpha value is -1.05. The predicted molar refractivity (Wildman–Crippen MR) is 85.4 cm³/mol. The quantitative estimate of drug-likeness (QED) is 0.581. The largest absolute Gasteiger partial charge is 0.437 e. The second-order valence-corrected chi connectivity index (χ2v) is 6.02. The van der Waals surface area contributed by atoms with Gasteiger partial charge >= 0.3 is 7.05 Å². The normalized spacial score (nSPS) is 19.6. The molecule has 0 bridgehead atoms. The lowest BCUT2D eigenvalue weighted by Gasteiger charge is -2.35. The van der Waals surface area contributed by atoms with Gasteiger partial charge in [-0.25, -0.2) is 0 Å². The molecule has 7 heteroatoms. The number of piperidine rings is 1. The van der Waals surface area contributed by atoms with Crippen LogP contribution in [-0.2, 0) is 4.79 Å². The molecule has 1 saturated heterocycles. The first-order chi connectivity index (χ1) is 9.49. The summed E-state index contributed by atoms with van der Waals surface area (Å²) >= 11 is 3.36. The van der Waals surface area contributed by atoms with Crippen molar-refractivity contribution in [2.24, 2.45) is 0 Å². The Morgan fingerprint density at radius 2 is 2.30 bits per heavy atom. The second-order valence-electron chi connectivity index (χ2n) is 5.10. The van der Waals surface area contributed by atoms with Crippen molar-refractivity contribution in [3.8, 4) is 0 Å². The minimum atomic E-state index is -0.620. The average Bonchev–Trinajstić information content (AvgIpc) is 2.42. The number of carbonyl (C=O) groups excluding carboxylic acids is 1. The highest BCUT2D eigenvalue weighted by atomic mass is 79.9. The molecule has 1 aromatic carbocycles. The third-order valence-corrected chi connectivity index (χ3v) is 4.09. The van der Waals surface area contributed by atoms with Gasteiger partial charge < -0.3 is 20.9 Å². The maximum Gasteiger partial charge on any atom is 0.377 e. The molecular weight excluding hydrogens is 321 g/mol. The van der Waals surface area contributed by atoms with Crippen molar-refractivity contribution in [2.45, 2.75) is 32.1 Å². The molecule has 4 N–H and O–H groups in total. The number of anilines is 2. The van der Waals surface area contributed by atoms with Gasteiger partial charge in [-0.1, -0.05) is 22.4 Å². The zero-order valence-corrected chi connectivity index (χ0v) is 13.1. The van der Waals surface area contributed by atoms with E-state index in [1.165, 1.54) is 0 Å². The van der Waals surface area contributed by atoms with Crippen LogP contribution in [0.1, 0.15) is 19.3 Å². The summed E-state index contributed by atoms with van der Waals surface area (Å²) in [5, 5.41) is 12.6. The summed E-state index contributed by atoms with van der Waals surface area (Å²) in [6, 6.07) is 5.05. The maximum atomic E-state index is 12.4. The van der Waals surface area contributed by atoms with Crippen molar-refractivity contribution >= 4 is 40.3 Å². The number of hydrogen-bond acceptors (Lipinski definition) is 4. The first-order valence-electron chi connectivity index (χ1n) is 6.78. The molecule has 0 aliphatic carbocycles. The van der Waals surface area contributed by atoms with E-state index in [1.54, 1.807) is 19.0 Å². The molecule has 1 aliphatic rings. The van der Waals surface area contributed by atoms with Gasteiger partial charge in [0.05, 0.1) is 17.4 Å². The highest BCUT2D eigenvalue weighted by Gasteiger charge is 2.33. The monoisotopic (exact) mass is 339 g/mol. The van der Waals surface area contributed by atoms with Gasteiger partial charge in [-0.15, -0.1) is 0 Å². The van der Waals surface area contributed by atoms with Crippen molar-refractivity contribution in [3.63, 3.8) is 0 Å². The molecular formula is C13H19BBrN3O2. The summed E-state index contributed by atoms with van der Waals surface area (Å²) in [5.74, 6) is -0.115. The predicted octanol–water partition coefficient (Wildman–Crippen LogP) is 1.93. The Kier molecular flexibility index (Phi) is 5.07. The van der Waals surface area contributed by atoms with Crippen LogP contribution in [0.3, 0.4) is 0 Å². The molecule has 1 aliphatic heterocycles. The van der Waals surface area contributed by atoms with Gasteiger partial charge in [-0.05, 0) is 44.4 Å². The number of carbonyl (C=O) groups is 1. The van der Waals surface area contributed by atoms with E-state index in [2.05, 4.69) is 21.2 Å². The average molecular weight is 340 g/mol. The van der Waals surface area contributed by atoms with Crippen LogP contribution in [0.5, 0.6) is 0 Å². The van der Waals surface area contributed by atoms with Crippen LogP contribution < -0.4 is 11.1 Å². The highest BCUT2D eigenvalue weighted by Crippen LogP contribution is 2.25. The molecule has 108 valence electrons. The van der Waals surface area contributed by atoms with E-state index in [4.69, 9.17) is 5.73 Å². The van der Waals surface area contributed by atoms with E-state index in [0.717, 1.165) is 30.3 Å². The van der Waals surface area contributed by atoms with Gasteiger partial charge in [0, 0.05) is 4.47 Å². The topological polar surface area (TPSA) is 78.6 Å². The summed E-state index contributed by atoms with van der Waals surface area (Å²) in [6.07, 6.45) is 2.76. The Morgan fingerprint density at radius 1 is 1.55 bits per heavy atom. The molecule has 0 saturated carbocycles. The minimum absolute atomic E-state index is 0.115. The van der Waals surface area contributed by atoms with Crippen molar-refractivity contribution in [3.05, 3.63) is 22.7 Å². The van der Waals surface area contributed by atoms with Crippen molar-refractivity contribution in [2.75, 3.05) is 17.6 Å². The van der Waals surface area contributed by atoms with Gasteiger partial charge in [0.2, 0.25) is 5.91 Å². The van der Waals surface area contributed by atoms with Crippen LogP contribution in [0.15, 0.2) is 22.7 Å². The Labute approximate surface area is 127 Å². The van der Waals surface area contributed by atoms with E-state index in [0.29, 0.717) is 11.4 Å². The lowest BCUT2D eigenvalue weighted by molar-refractivity contribution is -0.120. The molecule has 2 rings (SSSR count). The number of nitrogens with zero attached hydrogens (tertiary/aromatic N) is 1. The fraction of sp³-hybridized carbons (Fsp3) is 0.462. The number of hydrogen-bond donors (Lipinski definition) is 3. The fourth-order valence-corrected chi connectivity index (χ4v) is 2.90. The molecule has 1 atom stereocenters. The summed E-state index contributed by atoms with van der Waals surface area (Å²) in [6.45, 7) is 2.43. The maximum absolute atomic E-state index is 12.4. The first-order valence-corrected chi connectivity index (χ1v) is 7.58. The van der Waals surface area contributed by atoms with Crippen LogP contribution in [-0.4, -0.2) is 35.4 Å². The molecule has 0 spiro atoms. The Morgan fingerprint density at radius 3 is 3.00 bits per heavy atom. The van der Waals surface area contributed by atoms with Crippen LogP contribution in [0, 0.1) is 0 Å². The summed E-state index contributed by atoms with van der Waals surface area (Å²) < 4.78 is 0.859. The van der Waals surface area contributed by atoms with E-state index in [9.17, 15) is 9.82 Å². The van der Waals surface area contributed by atoms with E-state index < -0.39 is 7.05 Å². The highest BCUT2D eigenvalue weighted by molar-refractivity contribution is 9.10. The van der Waals surface area contributed by atoms with Crippen LogP contribution >= 0.6 is 15.9 Å². The van der Waals surface area contributed by atoms with Crippen molar-refractivity contribution in [1.82, 2.24) is 4.81 Å². The minimum Gasteiger partial charge on any atom is -0.437 e. The molecule has 0 unspecified atom stereocenters. The Bertz CT molecular complexity index is 499. The van der Waals surface area contributed by atoms with Gasteiger partial charge in [0.1, 0.15) is 0 Å². The molecule has 20 heavy (non-hydrogen) atoms. The standard InChI is InChI=1S/C13H19BBrN3O2/c1-14(20)18-7-3-2-4-12(18)13(19)17-11-8-9(15)5-6-10(11)16/h5-6,8,12,20H,2-4,7,16H2,1H3,(H,17,19)/t12-/m0/s1. The molecule has 0 aromatic heterocycles. The van der Waals surface area contributed by atoms with Crippen LogP contribution in [0.2, 0.25) is 6.82 Å². The zero-order valence-electron chi connectivity index (χ0n) is 11.5. The number of nitrogens with one attached hydrogen (secondary N) is 1. The third-order valence-electron chi connectivity index (χ3n) is 3.60. The van der Waals surface area contributed by atoms with Gasteiger partial charge in [-0.2, -0.15) is 0 Å². The number of amides is 1. The van der Waals surface area contributed by atoms with E-state index in [-0.39, 0.29) is 11.9 Å². The Balaban J connectivity index is 2.12. The number of nitrogen functional groups attached to an aromatic ring is 1. The number of halogens is 1. The first kappa shape index (κ1) is 15.3. The number of nitrogens with two attached hydrogens (primary N) is 1.